The van der Waals surface area contributed by atoms with Crippen LogP contribution in [0, 0.1) is 10.1 Å². The van der Waals surface area contributed by atoms with Crippen molar-refractivity contribution in [2.45, 2.75) is 6.92 Å². The fraction of sp³-hybridized carbons (Fsp3) is 0.111. The molecule has 0 aliphatic heterocycles. The third-order valence-corrected chi connectivity index (χ3v) is 1.71. The average molecular weight is 221 g/mol. The van der Waals surface area contributed by atoms with E-state index in [1.165, 1.54) is 0 Å². The Morgan fingerprint density at radius 2 is 2.00 bits per heavy atom. The molecule has 1 rings (SSSR count). The van der Waals surface area contributed by atoms with Crippen molar-refractivity contribution >= 4 is 11.7 Å². The Labute approximate surface area is 91.8 Å². The number of nitrogens with two attached hydrogens (primary N) is 1. The van der Waals surface area contributed by atoms with Gasteiger partial charge in [-0.25, -0.2) is 10.1 Å². The number of hydrogen-bond acceptors (Lipinski definition) is 4. The SMILES string of the molecule is C/C(=N/N=C(N)N[N+](=O)[O-])c1ccccc1. The molecule has 0 radical (unpaired) electrons. The molecule has 0 spiro atoms. The van der Waals surface area contributed by atoms with Crippen molar-refractivity contribution in [3.8, 4) is 0 Å². The predicted molar refractivity (Wildman–Crippen MR) is 60.4 cm³/mol. The molecule has 1 aromatic rings. The molecule has 0 bridgehead atoms. The number of hydrazine groups is 1. The lowest BCUT2D eigenvalue weighted by Gasteiger charge is -1.97. The van der Waals surface area contributed by atoms with Gasteiger partial charge in [-0.1, -0.05) is 35.8 Å². The van der Waals surface area contributed by atoms with Crippen LogP contribution in [-0.2, 0) is 0 Å². The number of hydrogen-bond donors (Lipinski definition) is 2. The highest BCUT2D eigenvalue weighted by molar-refractivity contribution is 5.98. The lowest BCUT2D eigenvalue weighted by Crippen LogP contribution is -2.35. The van der Waals surface area contributed by atoms with Gasteiger partial charge in [-0.05, 0) is 12.5 Å². The van der Waals surface area contributed by atoms with Crippen molar-refractivity contribution in [3.63, 3.8) is 0 Å². The fourth-order valence-corrected chi connectivity index (χ4v) is 0.982. The minimum atomic E-state index is -0.799. The molecule has 0 amide bonds. The molecule has 84 valence electrons. The molecule has 7 heteroatoms. The summed E-state index contributed by atoms with van der Waals surface area (Å²) in [7, 11) is 0. The van der Waals surface area contributed by atoms with Crippen LogP contribution in [0.4, 0.5) is 0 Å². The first-order valence-corrected chi connectivity index (χ1v) is 4.44. The summed E-state index contributed by atoms with van der Waals surface area (Å²) >= 11 is 0. The van der Waals surface area contributed by atoms with Gasteiger partial charge in [-0.2, -0.15) is 5.10 Å². The molecule has 3 N–H and O–H groups in total. The number of rotatable bonds is 3. The zero-order valence-corrected chi connectivity index (χ0v) is 8.62. The first-order valence-electron chi connectivity index (χ1n) is 4.44. The van der Waals surface area contributed by atoms with Crippen LogP contribution >= 0.6 is 0 Å². The van der Waals surface area contributed by atoms with Crippen LogP contribution < -0.4 is 11.2 Å². The second-order valence-corrected chi connectivity index (χ2v) is 2.91. The molecule has 7 nitrogen and oxygen atoms in total. The van der Waals surface area contributed by atoms with Gasteiger partial charge in [0.25, 0.3) is 5.96 Å². The maximum Gasteiger partial charge on any atom is 0.275 e. The van der Waals surface area contributed by atoms with E-state index in [0.29, 0.717) is 5.71 Å². The first-order chi connectivity index (χ1) is 7.59. The van der Waals surface area contributed by atoms with E-state index in [1.807, 2.05) is 30.3 Å². The lowest BCUT2D eigenvalue weighted by atomic mass is 10.1. The summed E-state index contributed by atoms with van der Waals surface area (Å²) < 4.78 is 0. The molecule has 0 atom stereocenters. The Morgan fingerprint density at radius 3 is 2.56 bits per heavy atom. The first kappa shape index (κ1) is 11.6. The molecule has 0 aliphatic carbocycles. The van der Waals surface area contributed by atoms with Crippen LogP contribution in [0.5, 0.6) is 0 Å². The quantitative estimate of drug-likeness (QED) is 0.335. The summed E-state index contributed by atoms with van der Waals surface area (Å²) in [5, 5.41) is 16.4. The average Bonchev–Trinajstić information content (AvgIpc) is 2.26. The highest BCUT2D eigenvalue weighted by atomic mass is 16.7. The maximum atomic E-state index is 10.0. The zero-order chi connectivity index (χ0) is 12.0. The summed E-state index contributed by atoms with van der Waals surface area (Å²) in [6.07, 6.45) is 0. The van der Waals surface area contributed by atoms with Gasteiger partial charge in [-0.3, -0.25) is 0 Å². The summed E-state index contributed by atoms with van der Waals surface area (Å²) in [5.41, 5.74) is 8.38. The Kier molecular flexibility index (Phi) is 3.96. The second-order valence-electron chi connectivity index (χ2n) is 2.91. The molecular formula is C9H11N5O2. The Balaban J connectivity index is 2.75. The Morgan fingerprint density at radius 1 is 1.38 bits per heavy atom. The molecule has 0 unspecified atom stereocenters. The van der Waals surface area contributed by atoms with Crippen molar-refractivity contribution in [2.24, 2.45) is 15.9 Å². The van der Waals surface area contributed by atoms with E-state index in [2.05, 4.69) is 10.2 Å². The molecule has 0 aliphatic rings. The van der Waals surface area contributed by atoms with E-state index in [1.54, 1.807) is 12.3 Å². The Bertz CT molecular complexity index is 427. The van der Waals surface area contributed by atoms with Crippen molar-refractivity contribution in [3.05, 3.63) is 46.0 Å². The number of nitrogens with zero attached hydrogens (tertiary/aromatic N) is 3. The van der Waals surface area contributed by atoms with Gasteiger partial charge < -0.3 is 5.73 Å². The third-order valence-electron chi connectivity index (χ3n) is 1.71. The number of benzene rings is 1. The van der Waals surface area contributed by atoms with Crippen molar-refractivity contribution in [1.29, 1.82) is 0 Å². The topological polar surface area (TPSA) is 106 Å². The van der Waals surface area contributed by atoms with Crippen molar-refractivity contribution in [2.75, 3.05) is 0 Å². The van der Waals surface area contributed by atoms with Crippen molar-refractivity contribution < 1.29 is 5.03 Å². The number of nitrogens with one attached hydrogen (secondary N) is 1. The zero-order valence-electron chi connectivity index (χ0n) is 8.62. The van der Waals surface area contributed by atoms with Crippen LogP contribution in [0.1, 0.15) is 12.5 Å². The van der Waals surface area contributed by atoms with Crippen LogP contribution in [-0.4, -0.2) is 16.7 Å². The smallest absolute Gasteiger partial charge is 0.275 e. The van der Waals surface area contributed by atoms with Gasteiger partial charge in [0, 0.05) is 0 Å². The highest BCUT2D eigenvalue weighted by Gasteiger charge is 1.98. The van der Waals surface area contributed by atoms with Gasteiger partial charge in [0.2, 0.25) is 0 Å². The van der Waals surface area contributed by atoms with Crippen LogP contribution in [0.3, 0.4) is 0 Å². The number of guanidine groups is 1. The minimum Gasteiger partial charge on any atom is -0.364 e. The van der Waals surface area contributed by atoms with Crippen LogP contribution in [0.15, 0.2) is 40.5 Å². The van der Waals surface area contributed by atoms with Crippen molar-refractivity contribution in [1.82, 2.24) is 5.43 Å². The normalized spacial score (nSPS) is 12.3. The molecule has 0 saturated carbocycles. The summed E-state index contributed by atoms with van der Waals surface area (Å²) in [5.74, 6) is -0.361. The second kappa shape index (κ2) is 5.44. The monoisotopic (exact) mass is 221 g/mol. The maximum absolute atomic E-state index is 10.0. The summed E-state index contributed by atoms with van der Waals surface area (Å²) in [6, 6.07) is 9.30. The number of nitro groups is 1. The summed E-state index contributed by atoms with van der Waals surface area (Å²) in [6.45, 7) is 1.73. The van der Waals surface area contributed by atoms with E-state index >= 15 is 0 Å². The summed E-state index contributed by atoms with van der Waals surface area (Å²) in [4.78, 5) is 10.0. The van der Waals surface area contributed by atoms with Gasteiger partial charge >= 0.3 is 0 Å². The Hall–Kier alpha value is -2.44. The molecule has 0 saturated heterocycles. The molecule has 0 aromatic heterocycles. The van der Waals surface area contributed by atoms with E-state index in [9.17, 15) is 10.1 Å². The predicted octanol–water partition coefficient (Wildman–Crippen LogP) is 0.507. The van der Waals surface area contributed by atoms with Gasteiger partial charge in [0.15, 0.2) is 5.03 Å². The van der Waals surface area contributed by atoms with Gasteiger partial charge in [0.1, 0.15) is 0 Å². The molecular weight excluding hydrogens is 210 g/mol. The lowest BCUT2D eigenvalue weighted by molar-refractivity contribution is -0.525. The molecule has 0 heterocycles. The largest absolute Gasteiger partial charge is 0.364 e. The van der Waals surface area contributed by atoms with E-state index in [-0.39, 0.29) is 5.96 Å². The molecule has 1 aromatic carbocycles. The van der Waals surface area contributed by atoms with Crippen LogP contribution in [0.2, 0.25) is 0 Å². The van der Waals surface area contributed by atoms with Gasteiger partial charge in [-0.15, -0.1) is 5.10 Å². The van der Waals surface area contributed by atoms with E-state index in [4.69, 9.17) is 5.73 Å². The molecule has 16 heavy (non-hydrogen) atoms. The van der Waals surface area contributed by atoms with Crippen LogP contribution in [0.25, 0.3) is 0 Å². The molecule has 0 fully saturated rings. The third kappa shape index (κ3) is 3.74. The standard InChI is InChI=1S/C9H11N5O2/c1-7(8-5-3-2-4-6-8)11-12-9(10)13-14(15)16/h2-6H,1H3,(H3,10,12,13)/b11-7-. The van der Waals surface area contributed by atoms with E-state index < -0.39 is 5.03 Å². The fourth-order valence-electron chi connectivity index (χ4n) is 0.982. The van der Waals surface area contributed by atoms with Gasteiger partial charge in [0.05, 0.1) is 5.71 Å². The highest BCUT2D eigenvalue weighted by Crippen LogP contribution is 2.00. The minimum absolute atomic E-state index is 0.361. The van der Waals surface area contributed by atoms with E-state index in [0.717, 1.165) is 5.56 Å².